The zero-order valence-electron chi connectivity index (χ0n) is 11.0. The average Bonchev–Trinajstić information content (AvgIpc) is 2.60. The first kappa shape index (κ1) is 14.6. The van der Waals surface area contributed by atoms with E-state index in [0.29, 0.717) is 13.2 Å². The molecule has 0 radical (unpaired) electrons. The smallest absolute Gasteiger partial charge is 0.0900 e. The van der Waals surface area contributed by atoms with E-state index in [1.807, 2.05) is 27.8 Å². The molecule has 1 atom stereocenters. The standard InChI is InChI=1S/C12H22N2O2S/c1-9(2)16-7-12(15)6-14(4)5-11-8-17-10(3)13-11/h8-9,12,15H,5-7H2,1-4H3. The van der Waals surface area contributed by atoms with Crippen LogP contribution in [0.2, 0.25) is 0 Å². The summed E-state index contributed by atoms with van der Waals surface area (Å²) >= 11 is 1.65. The summed E-state index contributed by atoms with van der Waals surface area (Å²) in [5, 5.41) is 12.9. The van der Waals surface area contributed by atoms with Gasteiger partial charge in [0.25, 0.3) is 0 Å². The van der Waals surface area contributed by atoms with Crippen molar-refractivity contribution in [3.63, 3.8) is 0 Å². The second-order valence-corrected chi connectivity index (χ2v) is 5.65. The van der Waals surface area contributed by atoms with Crippen LogP contribution in [-0.2, 0) is 11.3 Å². The number of aryl methyl sites for hydroxylation is 1. The molecule has 0 bridgehead atoms. The van der Waals surface area contributed by atoms with Crippen LogP contribution >= 0.6 is 11.3 Å². The highest BCUT2D eigenvalue weighted by Gasteiger charge is 2.10. The Bertz CT molecular complexity index is 328. The summed E-state index contributed by atoms with van der Waals surface area (Å²) in [6.45, 7) is 7.69. The van der Waals surface area contributed by atoms with Crippen LogP contribution in [0, 0.1) is 6.92 Å². The third kappa shape index (κ3) is 6.12. The van der Waals surface area contributed by atoms with Gasteiger partial charge in [0.2, 0.25) is 0 Å². The van der Waals surface area contributed by atoms with Crippen molar-refractivity contribution in [2.45, 2.75) is 39.5 Å². The molecule has 0 amide bonds. The van der Waals surface area contributed by atoms with Crippen LogP contribution in [0.4, 0.5) is 0 Å². The quantitative estimate of drug-likeness (QED) is 0.808. The maximum absolute atomic E-state index is 9.77. The van der Waals surface area contributed by atoms with Crippen molar-refractivity contribution in [1.29, 1.82) is 0 Å². The molecule has 1 heterocycles. The topological polar surface area (TPSA) is 45.6 Å². The number of aliphatic hydroxyl groups excluding tert-OH is 1. The SMILES string of the molecule is Cc1nc(CN(C)CC(O)COC(C)C)cs1. The molecule has 0 aliphatic carbocycles. The summed E-state index contributed by atoms with van der Waals surface area (Å²) < 4.78 is 5.37. The number of hydrogen-bond acceptors (Lipinski definition) is 5. The number of nitrogens with zero attached hydrogens (tertiary/aromatic N) is 2. The molecular formula is C12H22N2O2S. The summed E-state index contributed by atoms with van der Waals surface area (Å²) in [6, 6.07) is 0. The number of ether oxygens (including phenoxy) is 1. The van der Waals surface area contributed by atoms with E-state index < -0.39 is 6.10 Å². The largest absolute Gasteiger partial charge is 0.389 e. The summed E-state index contributed by atoms with van der Waals surface area (Å²) in [5.41, 5.74) is 1.06. The maximum atomic E-state index is 9.77. The van der Waals surface area contributed by atoms with E-state index in [4.69, 9.17) is 4.74 Å². The van der Waals surface area contributed by atoms with E-state index in [2.05, 4.69) is 15.3 Å². The maximum Gasteiger partial charge on any atom is 0.0900 e. The van der Waals surface area contributed by atoms with E-state index in [0.717, 1.165) is 17.2 Å². The number of rotatable bonds is 7. The lowest BCUT2D eigenvalue weighted by atomic mass is 10.3. The monoisotopic (exact) mass is 258 g/mol. The molecule has 0 spiro atoms. The summed E-state index contributed by atoms with van der Waals surface area (Å²) in [4.78, 5) is 6.45. The van der Waals surface area contributed by atoms with Gasteiger partial charge >= 0.3 is 0 Å². The van der Waals surface area contributed by atoms with E-state index >= 15 is 0 Å². The van der Waals surface area contributed by atoms with Gasteiger partial charge in [-0.25, -0.2) is 4.98 Å². The minimum absolute atomic E-state index is 0.163. The highest BCUT2D eigenvalue weighted by Crippen LogP contribution is 2.09. The fourth-order valence-electron chi connectivity index (χ4n) is 1.54. The van der Waals surface area contributed by atoms with Crippen molar-refractivity contribution in [3.8, 4) is 0 Å². The van der Waals surface area contributed by atoms with Crippen molar-refractivity contribution in [2.75, 3.05) is 20.2 Å². The first-order valence-corrected chi connectivity index (χ1v) is 6.74. The van der Waals surface area contributed by atoms with E-state index in [1.54, 1.807) is 11.3 Å². The Balaban J connectivity index is 2.26. The Morgan fingerprint density at radius 3 is 2.76 bits per heavy atom. The first-order chi connectivity index (χ1) is 7.97. The van der Waals surface area contributed by atoms with Gasteiger partial charge < -0.3 is 9.84 Å². The van der Waals surface area contributed by atoms with Crippen LogP contribution in [0.15, 0.2) is 5.38 Å². The van der Waals surface area contributed by atoms with E-state index in [1.165, 1.54) is 0 Å². The number of aliphatic hydroxyl groups is 1. The van der Waals surface area contributed by atoms with Crippen LogP contribution in [-0.4, -0.2) is 47.4 Å². The van der Waals surface area contributed by atoms with E-state index in [-0.39, 0.29) is 6.10 Å². The fraction of sp³-hybridized carbons (Fsp3) is 0.750. The molecule has 0 aliphatic rings. The van der Waals surface area contributed by atoms with Gasteiger partial charge in [0.1, 0.15) is 0 Å². The zero-order valence-corrected chi connectivity index (χ0v) is 11.8. The molecule has 1 unspecified atom stereocenters. The summed E-state index contributed by atoms with van der Waals surface area (Å²) in [5.74, 6) is 0. The van der Waals surface area contributed by atoms with Crippen molar-refractivity contribution in [2.24, 2.45) is 0 Å². The van der Waals surface area contributed by atoms with Crippen molar-refractivity contribution in [1.82, 2.24) is 9.88 Å². The molecule has 98 valence electrons. The first-order valence-electron chi connectivity index (χ1n) is 5.86. The van der Waals surface area contributed by atoms with E-state index in [9.17, 15) is 5.11 Å². The molecular weight excluding hydrogens is 236 g/mol. The van der Waals surface area contributed by atoms with Gasteiger partial charge in [-0.15, -0.1) is 11.3 Å². The van der Waals surface area contributed by atoms with Crippen LogP contribution < -0.4 is 0 Å². The molecule has 0 saturated heterocycles. The van der Waals surface area contributed by atoms with Gasteiger partial charge in [0, 0.05) is 18.5 Å². The minimum Gasteiger partial charge on any atom is -0.389 e. The lowest BCUT2D eigenvalue weighted by Crippen LogP contribution is -2.32. The van der Waals surface area contributed by atoms with Gasteiger partial charge in [-0.05, 0) is 27.8 Å². The number of aromatic nitrogens is 1. The number of thiazole rings is 1. The Labute approximate surface area is 107 Å². The Hall–Kier alpha value is -0.490. The van der Waals surface area contributed by atoms with Gasteiger partial charge in [-0.2, -0.15) is 0 Å². The molecule has 1 aromatic rings. The molecule has 4 nitrogen and oxygen atoms in total. The highest BCUT2D eigenvalue weighted by molar-refractivity contribution is 7.09. The Morgan fingerprint density at radius 1 is 1.53 bits per heavy atom. The molecule has 0 fully saturated rings. The molecule has 17 heavy (non-hydrogen) atoms. The predicted octanol–water partition coefficient (Wildman–Crippen LogP) is 1.67. The highest BCUT2D eigenvalue weighted by atomic mass is 32.1. The predicted molar refractivity (Wildman–Crippen MR) is 70.3 cm³/mol. The van der Waals surface area contributed by atoms with Crippen molar-refractivity contribution in [3.05, 3.63) is 16.1 Å². The Kier molecular flexibility index (Phi) is 6.05. The lowest BCUT2D eigenvalue weighted by molar-refractivity contribution is -0.00644. The zero-order chi connectivity index (χ0) is 12.8. The molecule has 0 aliphatic heterocycles. The third-order valence-electron chi connectivity index (χ3n) is 2.24. The molecule has 1 aromatic heterocycles. The normalized spacial score (nSPS) is 13.6. The van der Waals surface area contributed by atoms with Crippen molar-refractivity contribution < 1.29 is 9.84 Å². The molecule has 5 heteroatoms. The molecule has 0 aromatic carbocycles. The van der Waals surface area contributed by atoms with Gasteiger partial charge in [0.05, 0.1) is 29.5 Å². The molecule has 0 saturated carbocycles. The van der Waals surface area contributed by atoms with Crippen molar-refractivity contribution >= 4 is 11.3 Å². The van der Waals surface area contributed by atoms with Crippen LogP contribution in [0.1, 0.15) is 24.5 Å². The fourth-order valence-corrected chi connectivity index (χ4v) is 2.14. The summed E-state index contributed by atoms with van der Waals surface area (Å²) in [6.07, 6.45) is -0.279. The van der Waals surface area contributed by atoms with Crippen LogP contribution in [0.25, 0.3) is 0 Å². The lowest BCUT2D eigenvalue weighted by Gasteiger charge is -2.20. The van der Waals surface area contributed by atoms with Crippen LogP contribution in [0.3, 0.4) is 0 Å². The second-order valence-electron chi connectivity index (χ2n) is 4.59. The minimum atomic E-state index is -0.442. The third-order valence-corrected chi connectivity index (χ3v) is 3.07. The van der Waals surface area contributed by atoms with Gasteiger partial charge in [-0.1, -0.05) is 0 Å². The molecule has 1 rings (SSSR count). The van der Waals surface area contributed by atoms with Crippen LogP contribution in [0.5, 0.6) is 0 Å². The Morgan fingerprint density at radius 2 is 2.24 bits per heavy atom. The second kappa shape index (κ2) is 7.06. The summed E-state index contributed by atoms with van der Waals surface area (Å²) in [7, 11) is 1.98. The number of hydrogen-bond donors (Lipinski definition) is 1. The van der Waals surface area contributed by atoms with Gasteiger partial charge in [0.15, 0.2) is 0 Å². The molecule has 1 N–H and O–H groups in total. The van der Waals surface area contributed by atoms with Gasteiger partial charge in [-0.3, -0.25) is 4.90 Å². The average molecular weight is 258 g/mol. The number of likely N-dealkylation sites (N-methyl/N-ethyl adjacent to an activating group) is 1.